The summed E-state index contributed by atoms with van der Waals surface area (Å²) in [6, 6.07) is 3.79. The largest absolute Gasteiger partial charge is 0.339 e. The van der Waals surface area contributed by atoms with Crippen molar-refractivity contribution >= 4 is 23.6 Å². The van der Waals surface area contributed by atoms with Gasteiger partial charge in [0, 0.05) is 57.6 Å². The molecule has 0 bridgehead atoms. The van der Waals surface area contributed by atoms with Gasteiger partial charge in [-0.05, 0) is 19.1 Å². The molecule has 26 heavy (non-hydrogen) atoms. The number of carbonyl (C=O) groups is 2. The van der Waals surface area contributed by atoms with Crippen molar-refractivity contribution in [3.8, 4) is 11.4 Å². The van der Waals surface area contributed by atoms with Crippen molar-refractivity contribution in [1.29, 1.82) is 0 Å². The molecule has 8 nitrogen and oxygen atoms in total. The molecular formula is C17H22N6O2S. The number of pyridine rings is 1. The zero-order valence-corrected chi connectivity index (χ0v) is 15.8. The third-order valence-electron chi connectivity index (χ3n) is 4.37. The van der Waals surface area contributed by atoms with E-state index in [4.69, 9.17) is 0 Å². The van der Waals surface area contributed by atoms with Crippen LogP contribution in [0.5, 0.6) is 0 Å². The fraction of sp³-hybridized carbons (Fsp3) is 0.471. The number of carbonyl (C=O) groups excluding carboxylic acids is 2. The molecule has 0 aromatic carbocycles. The van der Waals surface area contributed by atoms with Gasteiger partial charge in [-0.25, -0.2) is 0 Å². The zero-order valence-electron chi connectivity index (χ0n) is 15.0. The molecule has 1 aliphatic rings. The van der Waals surface area contributed by atoms with E-state index in [1.807, 2.05) is 28.5 Å². The lowest BCUT2D eigenvalue weighted by atomic mass is 10.2. The van der Waals surface area contributed by atoms with Gasteiger partial charge in [0.15, 0.2) is 11.0 Å². The van der Waals surface area contributed by atoms with Crippen LogP contribution in [0.15, 0.2) is 29.7 Å². The fourth-order valence-electron chi connectivity index (χ4n) is 2.88. The van der Waals surface area contributed by atoms with Gasteiger partial charge in [-0.15, -0.1) is 10.2 Å². The molecule has 2 aromatic rings. The first-order valence-electron chi connectivity index (χ1n) is 8.59. The number of hydrogen-bond donors (Lipinski definition) is 0. The summed E-state index contributed by atoms with van der Waals surface area (Å²) in [5.41, 5.74) is 0.952. The maximum atomic E-state index is 12.5. The number of thioether (sulfide) groups is 1. The minimum absolute atomic E-state index is 0.0613. The van der Waals surface area contributed by atoms with E-state index in [2.05, 4.69) is 15.2 Å². The van der Waals surface area contributed by atoms with Gasteiger partial charge in [0.1, 0.15) is 0 Å². The Kier molecular flexibility index (Phi) is 5.87. The maximum Gasteiger partial charge on any atom is 0.233 e. The number of piperazine rings is 1. The minimum Gasteiger partial charge on any atom is -0.339 e. The number of rotatable bonds is 5. The molecule has 0 atom stereocenters. The standard InChI is InChI=1S/C17H22N6O2S/c1-3-23-16(14-4-6-18-7-5-14)19-20-17(23)26-12-15(25)22-10-8-21(9-11-22)13(2)24/h4-7H,3,8-12H2,1-2H3. The molecule has 3 heterocycles. The molecule has 0 aliphatic carbocycles. The maximum absolute atomic E-state index is 12.5. The third-order valence-corrected chi connectivity index (χ3v) is 5.33. The molecule has 0 spiro atoms. The lowest BCUT2D eigenvalue weighted by Crippen LogP contribution is -2.50. The Morgan fingerprint density at radius 3 is 2.35 bits per heavy atom. The summed E-state index contributed by atoms with van der Waals surface area (Å²) < 4.78 is 2.00. The van der Waals surface area contributed by atoms with Gasteiger partial charge in [-0.3, -0.25) is 14.6 Å². The normalized spacial score (nSPS) is 14.5. The molecule has 0 saturated carbocycles. The number of hydrogen-bond acceptors (Lipinski definition) is 6. The SMILES string of the molecule is CCn1c(SCC(=O)N2CCN(C(C)=O)CC2)nnc1-c1ccncc1. The predicted molar refractivity (Wildman–Crippen MR) is 98.5 cm³/mol. The summed E-state index contributed by atoms with van der Waals surface area (Å²) in [6.07, 6.45) is 3.45. The topological polar surface area (TPSA) is 84.2 Å². The summed E-state index contributed by atoms with van der Waals surface area (Å²) in [7, 11) is 0. The van der Waals surface area contributed by atoms with Crippen molar-refractivity contribution in [2.75, 3.05) is 31.9 Å². The average molecular weight is 374 g/mol. The van der Waals surface area contributed by atoms with E-state index in [1.54, 1.807) is 24.2 Å². The zero-order chi connectivity index (χ0) is 18.5. The third kappa shape index (κ3) is 4.04. The van der Waals surface area contributed by atoms with E-state index in [9.17, 15) is 9.59 Å². The molecule has 2 amide bonds. The summed E-state index contributed by atoms with van der Waals surface area (Å²) in [6.45, 7) is 6.68. The second-order valence-corrected chi connectivity index (χ2v) is 6.90. The second kappa shape index (κ2) is 8.31. The summed E-state index contributed by atoms with van der Waals surface area (Å²) in [5.74, 6) is 1.22. The summed E-state index contributed by atoms with van der Waals surface area (Å²) in [5, 5.41) is 9.25. The van der Waals surface area contributed by atoms with E-state index in [0.717, 1.165) is 23.1 Å². The molecule has 3 rings (SSSR count). The van der Waals surface area contributed by atoms with E-state index < -0.39 is 0 Å². The molecule has 2 aromatic heterocycles. The van der Waals surface area contributed by atoms with Crippen molar-refractivity contribution in [1.82, 2.24) is 29.5 Å². The van der Waals surface area contributed by atoms with Crippen LogP contribution < -0.4 is 0 Å². The van der Waals surface area contributed by atoms with Gasteiger partial charge >= 0.3 is 0 Å². The van der Waals surface area contributed by atoms with Gasteiger partial charge in [-0.2, -0.15) is 0 Å². The molecule has 1 aliphatic heterocycles. The van der Waals surface area contributed by atoms with Crippen LogP contribution in [0, 0.1) is 0 Å². The van der Waals surface area contributed by atoms with Crippen molar-refractivity contribution < 1.29 is 9.59 Å². The van der Waals surface area contributed by atoms with Crippen molar-refractivity contribution in [3.05, 3.63) is 24.5 Å². The molecule has 0 N–H and O–H groups in total. The Labute approximate surface area is 156 Å². The summed E-state index contributed by atoms with van der Waals surface area (Å²) >= 11 is 1.40. The highest BCUT2D eigenvalue weighted by atomic mass is 32.2. The van der Waals surface area contributed by atoms with E-state index in [1.165, 1.54) is 11.8 Å². The molecule has 0 radical (unpaired) electrons. The van der Waals surface area contributed by atoms with E-state index in [0.29, 0.717) is 31.9 Å². The first kappa shape index (κ1) is 18.4. The van der Waals surface area contributed by atoms with Crippen LogP contribution in [0.2, 0.25) is 0 Å². The Morgan fingerprint density at radius 1 is 1.08 bits per heavy atom. The van der Waals surface area contributed by atoms with Gasteiger partial charge < -0.3 is 14.4 Å². The smallest absolute Gasteiger partial charge is 0.233 e. The Hall–Kier alpha value is -2.42. The van der Waals surface area contributed by atoms with Crippen LogP contribution in [0.1, 0.15) is 13.8 Å². The summed E-state index contributed by atoms with van der Waals surface area (Å²) in [4.78, 5) is 31.4. The lowest BCUT2D eigenvalue weighted by molar-refractivity contribution is -0.136. The highest BCUT2D eigenvalue weighted by molar-refractivity contribution is 7.99. The van der Waals surface area contributed by atoms with Crippen molar-refractivity contribution in [2.24, 2.45) is 0 Å². The Bertz CT molecular complexity index is 771. The van der Waals surface area contributed by atoms with Crippen LogP contribution in [0.3, 0.4) is 0 Å². The first-order chi connectivity index (χ1) is 12.6. The van der Waals surface area contributed by atoms with Gasteiger partial charge in [0.05, 0.1) is 5.75 Å². The second-order valence-electron chi connectivity index (χ2n) is 5.96. The van der Waals surface area contributed by atoms with Crippen LogP contribution in [-0.4, -0.2) is 73.3 Å². The Balaban J connectivity index is 1.61. The average Bonchev–Trinajstić information content (AvgIpc) is 3.09. The van der Waals surface area contributed by atoms with E-state index >= 15 is 0 Å². The molecule has 138 valence electrons. The molecule has 1 fully saturated rings. The molecular weight excluding hydrogens is 352 g/mol. The van der Waals surface area contributed by atoms with Crippen molar-refractivity contribution in [3.63, 3.8) is 0 Å². The molecule has 1 saturated heterocycles. The fourth-order valence-corrected chi connectivity index (χ4v) is 3.79. The van der Waals surface area contributed by atoms with Crippen LogP contribution in [-0.2, 0) is 16.1 Å². The van der Waals surface area contributed by atoms with E-state index in [-0.39, 0.29) is 11.8 Å². The van der Waals surface area contributed by atoms with Crippen LogP contribution in [0.4, 0.5) is 0 Å². The quantitative estimate of drug-likeness (QED) is 0.730. The number of amides is 2. The van der Waals surface area contributed by atoms with Gasteiger partial charge in [0.25, 0.3) is 0 Å². The number of nitrogens with zero attached hydrogens (tertiary/aromatic N) is 6. The monoisotopic (exact) mass is 374 g/mol. The Morgan fingerprint density at radius 2 is 1.73 bits per heavy atom. The molecule has 0 unspecified atom stereocenters. The van der Waals surface area contributed by atoms with Crippen molar-refractivity contribution in [2.45, 2.75) is 25.5 Å². The number of aromatic nitrogens is 4. The minimum atomic E-state index is 0.0613. The van der Waals surface area contributed by atoms with Crippen LogP contribution >= 0.6 is 11.8 Å². The lowest BCUT2D eigenvalue weighted by Gasteiger charge is -2.34. The van der Waals surface area contributed by atoms with Gasteiger partial charge in [0.2, 0.25) is 11.8 Å². The highest BCUT2D eigenvalue weighted by Crippen LogP contribution is 2.23. The molecule has 9 heteroatoms. The predicted octanol–water partition coefficient (Wildman–Crippen LogP) is 1.14. The van der Waals surface area contributed by atoms with Crippen LogP contribution in [0.25, 0.3) is 11.4 Å². The van der Waals surface area contributed by atoms with Gasteiger partial charge in [-0.1, -0.05) is 11.8 Å². The highest BCUT2D eigenvalue weighted by Gasteiger charge is 2.23. The first-order valence-corrected chi connectivity index (χ1v) is 9.58.